The molecule has 1 aromatic heterocycles. The van der Waals surface area contributed by atoms with E-state index in [1.165, 1.54) is 17.0 Å². The van der Waals surface area contributed by atoms with Crippen molar-refractivity contribution in [2.24, 2.45) is 0 Å². The van der Waals surface area contributed by atoms with E-state index in [2.05, 4.69) is 16.8 Å². The number of hydrogen-bond donors (Lipinski definition) is 1. The van der Waals surface area contributed by atoms with Crippen LogP contribution in [0.5, 0.6) is 11.5 Å². The number of halogens is 3. The number of thiophene rings is 1. The highest BCUT2D eigenvalue weighted by molar-refractivity contribution is 7.09. The van der Waals surface area contributed by atoms with Crippen LogP contribution in [0.2, 0.25) is 10.0 Å². The summed E-state index contributed by atoms with van der Waals surface area (Å²) >= 11 is 14.2. The predicted octanol–water partition coefficient (Wildman–Crippen LogP) is 6.07. The minimum Gasteiger partial charge on any atom is -0.493 e. The molecule has 1 heterocycles. The van der Waals surface area contributed by atoms with E-state index in [1.807, 2.05) is 18.2 Å². The highest BCUT2D eigenvalue weighted by Gasteiger charge is 2.13. The smallest absolute Gasteiger partial charge is 0.180 e. The number of benzene rings is 2. The van der Waals surface area contributed by atoms with Gasteiger partial charge in [-0.15, -0.1) is 11.3 Å². The Morgan fingerprint density at radius 1 is 1.07 bits per heavy atom. The molecule has 0 amide bonds. The van der Waals surface area contributed by atoms with Gasteiger partial charge in [0.05, 0.1) is 17.2 Å². The lowest BCUT2D eigenvalue weighted by Crippen LogP contribution is -2.12. The Balaban J connectivity index is 1.67. The first kappa shape index (κ1) is 20.0. The molecular weight excluding hydrogens is 408 g/mol. The van der Waals surface area contributed by atoms with Gasteiger partial charge in [0, 0.05) is 23.5 Å². The third-order valence-electron chi connectivity index (χ3n) is 3.88. The summed E-state index contributed by atoms with van der Waals surface area (Å²) < 4.78 is 24.4. The summed E-state index contributed by atoms with van der Waals surface area (Å²) in [5, 5.41) is 6.18. The number of rotatable bonds is 8. The van der Waals surface area contributed by atoms with Crippen molar-refractivity contribution in [3.05, 3.63) is 79.7 Å². The highest BCUT2D eigenvalue weighted by atomic mass is 35.5. The summed E-state index contributed by atoms with van der Waals surface area (Å²) in [6, 6.07) is 12.0. The van der Waals surface area contributed by atoms with Gasteiger partial charge in [-0.05, 0) is 41.3 Å². The second kappa shape index (κ2) is 9.42. The van der Waals surface area contributed by atoms with Crippen molar-refractivity contribution in [2.75, 3.05) is 7.11 Å². The Morgan fingerprint density at radius 2 is 1.93 bits per heavy atom. The van der Waals surface area contributed by atoms with Crippen LogP contribution in [0, 0.1) is 5.82 Å². The van der Waals surface area contributed by atoms with E-state index in [1.54, 1.807) is 24.5 Å². The Labute approximate surface area is 171 Å². The number of methoxy groups -OCH3 is 1. The van der Waals surface area contributed by atoms with Crippen LogP contribution in [-0.2, 0) is 19.7 Å². The number of hydrogen-bond acceptors (Lipinski definition) is 4. The van der Waals surface area contributed by atoms with Crippen molar-refractivity contribution >= 4 is 34.5 Å². The minimum atomic E-state index is -0.390. The molecule has 2 aromatic carbocycles. The molecule has 1 N–H and O–H groups in total. The standard InChI is InChI=1S/C20H18Cl2FNO2S/c1-25-19-8-13(10-24-11-16-3-2-6-27-16)7-18(22)20(19)26-12-14-4-5-15(23)9-17(14)21/h2-9,24H,10-12H2,1H3. The van der Waals surface area contributed by atoms with Gasteiger partial charge in [-0.1, -0.05) is 35.3 Å². The van der Waals surface area contributed by atoms with E-state index in [4.69, 9.17) is 32.7 Å². The Morgan fingerprint density at radius 3 is 2.63 bits per heavy atom. The molecule has 0 aliphatic carbocycles. The Hall–Kier alpha value is -1.79. The predicted molar refractivity (Wildman–Crippen MR) is 109 cm³/mol. The zero-order valence-corrected chi connectivity index (χ0v) is 16.9. The van der Waals surface area contributed by atoms with Gasteiger partial charge in [-0.3, -0.25) is 0 Å². The van der Waals surface area contributed by atoms with Gasteiger partial charge in [0.1, 0.15) is 12.4 Å². The van der Waals surface area contributed by atoms with Crippen molar-refractivity contribution in [2.45, 2.75) is 19.7 Å². The average Bonchev–Trinajstić information content (AvgIpc) is 3.15. The molecule has 7 heteroatoms. The minimum absolute atomic E-state index is 0.158. The summed E-state index contributed by atoms with van der Waals surface area (Å²) in [4.78, 5) is 1.27. The molecule has 0 saturated heterocycles. The molecule has 3 nitrogen and oxygen atoms in total. The van der Waals surface area contributed by atoms with Gasteiger partial charge in [-0.25, -0.2) is 4.39 Å². The van der Waals surface area contributed by atoms with Gasteiger partial charge in [0.15, 0.2) is 11.5 Å². The van der Waals surface area contributed by atoms with Crippen LogP contribution in [0.1, 0.15) is 16.0 Å². The van der Waals surface area contributed by atoms with Crippen molar-refractivity contribution in [1.29, 1.82) is 0 Å². The highest BCUT2D eigenvalue weighted by Crippen LogP contribution is 2.37. The van der Waals surface area contributed by atoms with Gasteiger partial charge < -0.3 is 14.8 Å². The van der Waals surface area contributed by atoms with Crippen LogP contribution in [-0.4, -0.2) is 7.11 Å². The lowest BCUT2D eigenvalue weighted by atomic mass is 10.2. The van der Waals surface area contributed by atoms with E-state index in [9.17, 15) is 4.39 Å². The quantitative estimate of drug-likeness (QED) is 0.474. The Kier molecular flexibility index (Phi) is 6.96. The molecule has 0 saturated carbocycles. The molecular formula is C20H18Cl2FNO2S. The first-order valence-corrected chi connectivity index (χ1v) is 9.86. The molecule has 0 unspecified atom stereocenters. The fourth-order valence-electron chi connectivity index (χ4n) is 2.55. The van der Waals surface area contributed by atoms with E-state index in [0.717, 1.165) is 12.1 Å². The van der Waals surface area contributed by atoms with Crippen molar-refractivity contribution in [3.8, 4) is 11.5 Å². The lowest BCUT2D eigenvalue weighted by molar-refractivity contribution is 0.284. The Bertz CT molecular complexity index is 903. The molecule has 3 rings (SSSR count). The normalized spacial score (nSPS) is 10.8. The molecule has 142 valence electrons. The molecule has 0 bridgehead atoms. The van der Waals surface area contributed by atoms with Crippen LogP contribution in [0.4, 0.5) is 4.39 Å². The fourth-order valence-corrected chi connectivity index (χ4v) is 3.73. The number of nitrogens with one attached hydrogen (secondary N) is 1. The molecule has 3 aromatic rings. The summed E-state index contributed by atoms with van der Waals surface area (Å²) in [5.41, 5.74) is 1.65. The number of ether oxygens (including phenoxy) is 2. The van der Waals surface area contributed by atoms with Gasteiger partial charge in [0.25, 0.3) is 0 Å². The maximum atomic E-state index is 13.2. The zero-order valence-electron chi connectivity index (χ0n) is 14.6. The van der Waals surface area contributed by atoms with Gasteiger partial charge in [-0.2, -0.15) is 0 Å². The summed E-state index contributed by atoms with van der Waals surface area (Å²) in [5.74, 6) is 0.578. The molecule has 0 radical (unpaired) electrons. The second-order valence-electron chi connectivity index (χ2n) is 5.82. The van der Waals surface area contributed by atoms with E-state index < -0.39 is 5.82 Å². The maximum absolute atomic E-state index is 13.2. The van der Waals surface area contributed by atoms with Crippen LogP contribution >= 0.6 is 34.5 Å². The molecule has 0 aliphatic rings. The van der Waals surface area contributed by atoms with E-state index in [0.29, 0.717) is 33.7 Å². The van der Waals surface area contributed by atoms with Gasteiger partial charge >= 0.3 is 0 Å². The third-order valence-corrected chi connectivity index (χ3v) is 5.39. The van der Waals surface area contributed by atoms with Crippen LogP contribution in [0.3, 0.4) is 0 Å². The first-order valence-electron chi connectivity index (χ1n) is 8.23. The molecule has 0 fully saturated rings. The first-order chi connectivity index (χ1) is 13.1. The molecule has 27 heavy (non-hydrogen) atoms. The lowest BCUT2D eigenvalue weighted by Gasteiger charge is -2.15. The molecule has 0 atom stereocenters. The molecule has 0 aliphatic heterocycles. The third kappa shape index (κ3) is 5.36. The SMILES string of the molecule is COc1cc(CNCc2cccs2)cc(Cl)c1OCc1ccc(F)cc1Cl. The van der Waals surface area contributed by atoms with Gasteiger partial charge in [0.2, 0.25) is 0 Å². The van der Waals surface area contributed by atoms with Crippen LogP contribution in [0.25, 0.3) is 0 Å². The zero-order chi connectivity index (χ0) is 19.2. The summed E-state index contributed by atoms with van der Waals surface area (Å²) in [7, 11) is 1.56. The topological polar surface area (TPSA) is 30.5 Å². The average molecular weight is 426 g/mol. The van der Waals surface area contributed by atoms with E-state index >= 15 is 0 Å². The monoisotopic (exact) mass is 425 g/mol. The van der Waals surface area contributed by atoms with Crippen molar-refractivity contribution < 1.29 is 13.9 Å². The maximum Gasteiger partial charge on any atom is 0.180 e. The largest absolute Gasteiger partial charge is 0.493 e. The second-order valence-corrected chi connectivity index (χ2v) is 7.66. The van der Waals surface area contributed by atoms with E-state index in [-0.39, 0.29) is 6.61 Å². The fraction of sp³-hybridized carbons (Fsp3) is 0.200. The summed E-state index contributed by atoms with van der Waals surface area (Å²) in [6.45, 7) is 1.60. The van der Waals surface area contributed by atoms with Crippen molar-refractivity contribution in [1.82, 2.24) is 5.32 Å². The summed E-state index contributed by atoms with van der Waals surface area (Å²) in [6.07, 6.45) is 0. The van der Waals surface area contributed by atoms with Crippen LogP contribution in [0.15, 0.2) is 47.8 Å². The van der Waals surface area contributed by atoms with Crippen molar-refractivity contribution in [3.63, 3.8) is 0 Å². The van der Waals surface area contributed by atoms with Crippen LogP contribution < -0.4 is 14.8 Å². The molecule has 0 spiro atoms.